The van der Waals surface area contributed by atoms with Crippen LogP contribution >= 0.6 is 0 Å². The van der Waals surface area contributed by atoms with Gasteiger partial charge in [-0.15, -0.1) is 0 Å². The first-order valence-corrected chi connectivity index (χ1v) is 10.1. The predicted octanol–water partition coefficient (Wildman–Crippen LogP) is 2.71. The average Bonchev–Trinajstić information content (AvgIpc) is 3.21. The molecule has 0 bridgehead atoms. The van der Waals surface area contributed by atoms with E-state index in [1.165, 1.54) is 18.5 Å². The number of hydrogen-bond acceptors (Lipinski definition) is 6. The number of rotatable bonds is 6. The van der Waals surface area contributed by atoms with Crippen molar-refractivity contribution in [2.45, 2.75) is 26.4 Å². The maximum atomic E-state index is 12.9. The maximum absolute atomic E-state index is 12.9. The lowest BCUT2D eigenvalue weighted by Crippen LogP contribution is -2.25. The number of aromatic nitrogens is 4. The number of carbonyl (C=O) groups is 1. The van der Waals surface area contributed by atoms with Gasteiger partial charge in [0.2, 0.25) is 5.56 Å². The highest BCUT2D eigenvalue weighted by Crippen LogP contribution is 2.26. The van der Waals surface area contributed by atoms with Crippen LogP contribution in [0, 0.1) is 11.3 Å². The number of nitriles is 1. The third kappa shape index (κ3) is 4.34. The van der Waals surface area contributed by atoms with Gasteiger partial charge in [-0.2, -0.15) is 10.4 Å². The maximum Gasteiger partial charge on any atom is 0.255 e. The molecule has 0 fully saturated rings. The molecule has 0 unspecified atom stereocenters. The van der Waals surface area contributed by atoms with E-state index in [9.17, 15) is 9.59 Å². The van der Waals surface area contributed by atoms with E-state index in [1.807, 2.05) is 32.0 Å². The Labute approximate surface area is 183 Å². The van der Waals surface area contributed by atoms with E-state index in [-0.39, 0.29) is 24.1 Å². The number of hydrogen-bond donors (Lipinski definition) is 3. The highest BCUT2D eigenvalue weighted by Gasteiger charge is 2.16. The first-order valence-electron chi connectivity index (χ1n) is 10.1. The minimum absolute atomic E-state index is 0.0939. The molecule has 0 aromatic carbocycles. The largest absolute Gasteiger partial charge is 0.382 e. The Hall–Kier alpha value is -4.45. The van der Waals surface area contributed by atoms with Crippen LogP contribution in [-0.2, 0) is 6.54 Å². The van der Waals surface area contributed by atoms with E-state index >= 15 is 0 Å². The monoisotopic (exact) mass is 427 g/mol. The van der Waals surface area contributed by atoms with E-state index in [0.29, 0.717) is 22.5 Å². The molecule has 0 atom stereocenters. The zero-order valence-corrected chi connectivity index (χ0v) is 17.6. The minimum atomic E-state index is -0.282. The molecule has 4 rings (SSSR count). The molecular weight excluding hydrogens is 406 g/mol. The van der Waals surface area contributed by atoms with Gasteiger partial charge < -0.3 is 15.6 Å². The van der Waals surface area contributed by atoms with Gasteiger partial charge in [-0.05, 0) is 43.7 Å². The van der Waals surface area contributed by atoms with Crippen LogP contribution in [0.3, 0.4) is 0 Å². The van der Waals surface area contributed by atoms with Crippen LogP contribution in [0.15, 0.2) is 59.8 Å². The standard InChI is InChI=1S/C23H21N7O2/c1-14(2)29-19-8-20(21-5-4-17-7-16(9-24)12-28-30(17)21)25-13-18(19)23(32)27-11-15-3-6-22(31)26-10-15/h3-8,10,12-14H,11H2,1-2H3,(H,25,29)(H,26,31)(H,27,32). The Bertz CT molecular complexity index is 1380. The van der Waals surface area contributed by atoms with E-state index in [1.54, 1.807) is 22.8 Å². The lowest BCUT2D eigenvalue weighted by Gasteiger charge is -2.16. The normalized spacial score (nSPS) is 10.8. The lowest BCUT2D eigenvalue weighted by atomic mass is 10.1. The second-order valence-electron chi connectivity index (χ2n) is 7.57. The number of nitrogens with one attached hydrogen (secondary N) is 3. The number of anilines is 1. The van der Waals surface area contributed by atoms with Gasteiger partial charge in [0.15, 0.2) is 0 Å². The van der Waals surface area contributed by atoms with Crippen LogP contribution in [0.4, 0.5) is 5.69 Å². The third-order valence-corrected chi connectivity index (χ3v) is 4.79. The lowest BCUT2D eigenvalue weighted by molar-refractivity contribution is 0.0951. The van der Waals surface area contributed by atoms with E-state index in [0.717, 1.165) is 16.8 Å². The molecule has 4 aromatic rings. The fourth-order valence-corrected chi connectivity index (χ4v) is 3.29. The molecule has 0 radical (unpaired) electrons. The van der Waals surface area contributed by atoms with Crippen molar-refractivity contribution in [3.05, 3.63) is 82.0 Å². The van der Waals surface area contributed by atoms with Crippen LogP contribution in [-0.4, -0.2) is 31.5 Å². The summed E-state index contributed by atoms with van der Waals surface area (Å²) < 4.78 is 1.71. The molecule has 160 valence electrons. The number of pyridine rings is 2. The SMILES string of the molecule is CC(C)Nc1cc(-c2ccc3cc(C#N)cnn23)ncc1C(=O)NCc1ccc(=O)[nH]c1. The molecule has 3 N–H and O–H groups in total. The van der Waals surface area contributed by atoms with E-state index in [2.05, 4.69) is 31.8 Å². The Morgan fingerprint density at radius 2 is 2.06 bits per heavy atom. The fourth-order valence-electron chi connectivity index (χ4n) is 3.29. The minimum Gasteiger partial charge on any atom is -0.382 e. The third-order valence-electron chi connectivity index (χ3n) is 4.79. The van der Waals surface area contributed by atoms with Crippen LogP contribution in [0.2, 0.25) is 0 Å². The van der Waals surface area contributed by atoms with Gasteiger partial charge in [0.1, 0.15) is 6.07 Å². The molecule has 32 heavy (non-hydrogen) atoms. The summed E-state index contributed by atoms with van der Waals surface area (Å²) in [7, 11) is 0. The molecule has 0 aliphatic heterocycles. The van der Waals surface area contributed by atoms with Crippen LogP contribution in [0.1, 0.15) is 35.3 Å². The van der Waals surface area contributed by atoms with Crippen molar-refractivity contribution in [1.82, 2.24) is 24.9 Å². The summed E-state index contributed by atoms with van der Waals surface area (Å²) in [4.78, 5) is 31.1. The number of nitrogens with zero attached hydrogens (tertiary/aromatic N) is 4. The van der Waals surface area contributed by atoms with E-state index < -0.39 is 0 Å². The molecule has 4 heterocycles. The molecule has 0 saturated heterocycles. The van der Waals surface area contributed by atoms with Crippen molar-refractivity contribution < 1.29 is 4.79 Å². The Balaban J connectivity index is 1.64. The molecule has 4 aromatic heterocycles. The van der Waals surface area contributed by atoms with Crippen molar-refractivity contribution in [3.8, 4) is 17.5 Å². The molecule has 9 heteroatoms. The zero-order chi connectivity index (χ0) is 22.7. The number of H-pyrrole nitrogens is 1. The van der Waals surface area contributed by atoms with Crippen LogP contribution < -0.4 is 16.2 Å². The van der Waals surface area contributed by atoms with Crippen molar-refractivity contribution in [2.24, 2.45) is 0 Å². The van der Waals surface area contributed by atoms with Gasteiger partial charge >= 0.3 is 0 Å². The highest BCUT2D eigenvalue weighted by molar-refractivity contribution is 5.99. The number of amides is 1. The summed E-state index contributed by atoms with van der Waals surface area (Å²) in [5.74, 6) is -0.282. The molecular formula is C23H21N7O2. The zero-order valence-electron chi connectivity index (χ0n) is 17.6. The van der Waals surface area contributed by atoms with Gasteiger partial charge in [0.25, 0.3) is 5.91 Å². The molecule has 9 nitrogen and oxygen atoms in total. The number of carbonyl (C=O) groups excluding carboxylic acids is 1. The van der Waals surface area contributed by atoms with Crippen molar-refractivity contribution in [1.29, 1.82) is 5.26 Å². The van der Waals surface area contributed by atoms with E-state index in [4.69, 9.17) is 5.26 Å². The van der Waals surface area contributed by atoms with Gasteiger partial charge in [-0.3, -0.25) is 14.6 Å². The fraction of sp³-hybridized carbons (Fsp3) is 0.174. The molecule has 0 saturated carbocycles. The summed E-state index contributed by atoms with van der Waals surface area (Å²) in [5.41, 5.74) is 4.29. The van der Waals surface area contributed by atoms with Gasteiger partial charge in [0.05, 0.1) is 39.9 Å². The molecule has 1 amide bonds. The Morgan fingerprint density at radius 1 is 1.22 bits per heavy atom. The quantitative estimate of drug-likeness (QED) is 0.434. The van der Waals surface area contributed by atoms with Gasteiger partial charge in [-0.1, -0.05) is 6.07 Å². The average molecular weight is 427 g/mol. The molecule has 0 aliphatic rings. The summed E-state index contributed by atoms with van der Waals surface area (Å²) in [6, 6.07) is 12.6. The van der Waals surface area contributed by atoms with Gasteiger partial charge in [-0.25, -0.2) is 4.52 Å². The Morgan fingerprint density at radius 3 is 2.78 bits per heavy atom. The predicted molar refractivity (Wildman–Crippen MR) is 120 cm³/mol. The highest BCUT2D eigenvalue weighted by atomic mass is 16.1. The number of fused-ring (bicyclic) bond motifs is 1. The Kier molecular flexibility index (Phi) is 5.68. The van der Waals surface area contributed by atoms with Crippen LogP contribution in [0.5, 0.6) is 0 Å². The second kappa shape index (κ2) is 8.73. The van der Waals surface area contributed by atoms with Crippen molar-refractivity contribution in [3.63, 3.8) is 0 Å². The smallest absolute Gasteiger partial charge is 0.255 e. The molecule has 0 aliphatic carbocycles. The van der Waals surface area contributed by atoms with Crippen LogP contribution in [0.25, 0.3) is 16.9 Å². The summed E-state index contributed by atoms with van der Waals surface area (Å²) in [6.45, 7) is 4.24. The first kappa shape index (κ1) is 20.8. The first-order chi connectivity index (χ1) is 15.4. The molecule has 0 spiro atoms. The van der Waals surface area contributed by atoms with Crippen molar-refractivity contribution in [2.75, 3.05) is 5.32 Å². The summed E-state index contributed by atoms with van der Waals surface area (Å²) in [5, 5.41) is 19.6. The summed E-state index contributed by atoms with van der Waals surface area (Å²) in [6.07, 6.45) is 4.60. The van der Waals surface area contributed by atoms with Crippen molar-refractivity contribution >= 4 is 17.1 Å². The second-order valence-corrected chi connectivity index (χ2v) is 7.57. The van der Waals surface area contributed by atoms with Gasteiger partial charge in [0, 0.05) is 31.0 Å². The topological polar surface area (TPSA) is 128 Å². The summed E-state index contributed by atoms with van der Waals surface area (Å²) >= 11 is 0. The number of aromatic amines is 1.